The minimum absolute atomic E-state index is 0.195. The Bertz CT molecular complexity index is 356. The highest BCUT2D eigenvalue weighted by molar-refractivity contribution is 6.20. The Labute approximate surface area is 104 Å². The Morgan fingerprint density at radius 1 is 1.25 bits per heavy atom. The fraction of sp³-hybridized carbons (Fsp3) is 0.600. The third-order valence-corrected chi connectivity index (χ3v) is 4.22. The number of fused-ring (bicyclic) bond motifs is 1. The molecule has 1 aromatic rings. The van der Waals surface area contributed by atoms with E-state index >= 15 is 0 Å². The van der Waals surface area contributed by atoms with Crippen LogP contribution in [0.3, 0.4) is 0 Å². The molecule has 16 heavy (non-hydrogen) atoms. The quantitative estimate of drug-likeness (QED) is 0.653. The molecule has 1 aliphatic carbocycles. The van der Waals surface area contributed by atoms with Crippen LogP contribution >= 0.6 is 11.6 Å². The summed E-state index contributed by atoms with van der Waals surface area (Å²) in [6.07, 6.45) is 6.13. The van der Waals surface area contributed by atoms with Crippen molar-refractivity contribution >= 4 is 11.6 Å². The third kappa shape index (κ3) is 2.60. The van der Waals surface area contributed by atoms with Gasteiger partial charge >= 0.3 is 0 Å². The smallest absolute Gasteiger partial charge is 0.0587 e. The largest absolute Gasteiger partial charge is 0.118 e. The third-order valence-electron chi connectivity index (χ3n) is 3.79. The van der Waals surface area contributed by atoms with Crippen molar-refractivity contribution in [1.82, 2.24) is 0 Å². The Kier molecular flexibility index (Phi) is 3.91. The summed E-state index contributed by atoms with van der Waals surface area (Å²) in [6, 6.07) is 6.84. The van der Waals surface area contributed by atoms with Crippen LogP contribution in [-0.2, 0) is 12.8 Å². The normalized spacial score (nSPS) is 18.2. The molecule has 0 N–H and O–H groups in total. The Morgan fingerprint density at radius 2 is 2.00 bits per heavy atom. The lowest BCUT2D eigenvalue weighted by Crippen LogP contribution is -2.00. The predicted molar refractivity (Wildman–Crippen MR) is 71.1 cm³/mol. The molecule has 0 heterocycles. The lowest BCUT2D eigenvalue weighted by atomic mass is 9.96. The molecule has 0 aromatic heterocycles. The number of rotatable bonds is 4. The summed E-state index contributed by atoms with van der Waals surface area (Å²) >= 11 is 6.48. The maximum absolute atomic E-state index is 6.48. The van der Waals surface area contributed by atoms with Crippen molar-refractivity contribution in [3.8, 4) is 0 Å². The van der Waals surface area contributed by atoms with Gasteiger partial charge in [-0.2, -0.15) is 0 Å². The molecular weight excluding hydrogens is 216 g/mol. The van der Waals surface area contributed by atoms with E-state index in [1.165, 1.54) is 42.4 Å². The number of halogens is 1. The first-order valence-corrected chi connectivity index (χ1v) is 6.90. The van der Waals surface area contributed by atoms with Crippen LogP contribution in [0.2, 0.25) is 0 Å². The van der Waals surface area contributed by atoms with Gasteiger partial charge in [-0.25, -0.2) is 0 Å². The summed E-state index contributed by atoms with van der Waals surface area (Å²) in [4.78, 5) is 0. The van der Waals surface area contributed by atoms with Gasteiger partial charge in [0.2, 0.25) is 0 Å². The average Bonchev–Trinajstić information content (AvgIpc) is 2.75. The van der Waals surface area contributed by atoms with Crippen LogP contribution < -0.4 is 0 Å². The van der Waals surface area contributed by atoms with Crippen LogP contribution in [-0.4, -0.2) is 0 Å². The van der Waals surface area contributed by atoms with Crippen molar-refractivity contribution in [2.75, 3.05) is 0 Å². The fourth-order valence-electron chi connectivity index (χ4n) is 2.44. The molecule has 2 rings (SSSR count). The lowest BCUT2D eigenvalue weighted by molar-refractivity contribution is 0.508. The zero-order valence-electron chi connectivity index (χ0n) is 10.3. The van der Waals surface area contributed by atoms with Gasteiger partial charge in [0.05, 0.1) is 5.38 Å². The Morgan fingerprint density at radius 3 is 2.75 bits per heavy atom. The van der Waals surface area contributed by atoms with Crippen molar-refractivity contribution in [3.63, 3.8) is 0 Å². The highest BCUT2D eigenvalue weighted by atomic mass is 35.5. The van der Waals surface area contributed by atoms with Gasteiger partial charge in [-0.15, -0.1) is 11.6 Å². The summed E-state index contributed by atoms with van der Waals surface area (Å²) in [5.74, 6) is 0.718. The van der Waals surface area contributed by atoms with E-state index in [2.05, 4.69) is 32.0 Å². The second-order valence-corrected chi connectivity index (χ2v) is 5.63. The lowest BCUT2D eigenvalue weighted by Gasteiger charge is -2.15. The first kappa shape index (κ1) is 12.0. The molecule has 0 bridgehead atoms. The van der Waals surface area contributed by atoms with Gasteiger partial charge in [-0.05, 0) is 48.3 Å². The molecule has 2 atom stereocenters. The van der Waals surface area contributed by atoms with Crippen LogP contribution in [0.1, 0.15) is 55.2 Å². The van der Waals surface area contributed by atoms with Gasteiger partial charge in [-0.3, -0.25) is 0 Å². The minimum atomic E-state index is 0.195. The maximum Gasteiger partial charge on any atom is 0.0587 e. The molecule has 0 saturated carbocycles. The topological polar surface area (TPSA) is 0 Å². The van der Waals surface area contributed by atoms with Crippen LogP contribution in [0.15, 0.2) is 18.2 Å². The molecule has 0 radical (unpaired) electrons. The number of hydrogen-bond donors (Lipinski definition) is 0. The number of aryl methyl sites for hydroxylation is 2. The monoisotopic (exact) mass is 236 g/mol. The first-order chi connectivity index (χ1) is 7.70. The van der Waals surface area contributed by atoms with Crippen LogP contribution in [0.4, 0.5) is 0 Å². The zero-order chi connectivity index (χ0) is 11.5. The number of hydrogen-bond acceptors (Lipinski definition) is 0. The van der Waals surface area contributed by atoms with Gasteiger partial charge < -0.3 is 0 Å². The minimum Gasteiger partial charge on any atom is -0.118 e. The molecule has 0 fully saturated rings. The van der Waals surface area contributed by atoms with E-state index in [0.717, 1.165) is 12.3 Å². The first-order valence-electron chi connectivity index (χ1n) is 6.46. The van der Waals surface area contributed by atoms with E-state index in [9.17, 15) is 0 Å². The van der Waals surface area contributed by atoms with E-state index in [1.54, 1.807) is 0 Å². The van der Waals surface area contributed by atoms with E-state index in [1.807, 2.05) is 0 Å². The second kappa shape index (κ2) is 5.23. The van der Waals surface area contributed by atoms with Gasteiger partial charge in [0, 0.05) is 0 Å². The standard InChI is InChI=1S/C15H21Cl/c1-3-11(2)9-15(16)14-8-7-12-5-4-6-13(12)10-14/h7-8,10-11,15H,3-6,9H2,1-2H3. The molecule has 0 nitrogen and oxygen atoms in total. The highest BCUT2D eigenvalue weighted by Gasteiger charge is 2.15. The van der Waals surface area contributed by atoms with E-state index in [-0.39, 0.29) is 5.38 Å². The molecule has 0 spiro atoms. The van der Waals surface area contributed by atoms with Gasteiger partial charge in [0.25, 0.3) is 0 Å². The number of alkyl halides is 1. The zero-order valence-corrected chi connectivity index (χ0v) is 11.1. The molecule has 2 unspecified atom stereocenters. The van der Waals surface area contributed by atoms with Crippen molar-refractivity contribution in [1.29, 1.82) is 0 Å². The SMILES string of the molecule is CCC(C)CC(Cl)c1ccc2c(c1)CCC2. The summed E-state index contributed by atoms with van der Waals surface area (Å²) in [6.45, 7) is 4.51. The van der Waals surface area contributed by atoms with Crippen LogP contribution in [0.5, 0.6) is 0 Å². The number of benzene rings is 1. The van der Waals surface area contributed by atoms with E-state index in [0.29, 0.717) is 0 Å². The van der Waals surface area contributed by atoms with Gasteiger partial charge in [-0.1, -0.05) is 38.5 Å². The van der Waals surface area contributed by atoms with Crippen molar-refractivity contribution in [2.45, 2.75) is 51.3 Å². The van der Waals surface area contributed by atoms with Crippen LogP contribution in [0, 0.1) is 5.92 Å². The summed E-state index contributed by atoms with van der Waals surface area (Å²) in [7, 11) is 0. The Balaban J connectivity index is 2.09. The highest BCUT2D eigenvalue weighted by Crippen LogP contribution is 2.32. The molecule has 0 amide bonds. The summed E-state index contributed by atoms with van der Waals surface area (Å²) in [5.41, 5.74) is 4.39. The molecule has 1 aliphatic rings. The Hall–Kier alpha value is -0.490. The fourth-order valence-corrected chi connectivity index (χ4v) is 2.88. The summed E-state index contributed by atoms with van der Waals surface area (Å²) in [5, 5.41) is 0.195. The molecular formula is C15H21Cl. The second-order valence-electron chi connectivity index (χ2n) is 5.10. The van der Waals surface area contributed by atoms with Gasteiger partial charge in [0.15, 0.2) is 0 Å². The predicted octanol–water partition coefficient (Wildman–Crippen LogP) is 4.89. The van der Waals surface area contributed by atoms with Crippen molar-refractivity contribution < 1.29 is 0 Å². The molecule has 88 valence electrons. The van der Waals surface area contributed by atoms with E-state index in [4.69, 9.17) is 11.6 Å². The average molecular weight is 237 g/mol. The molecule has 1 heteroatoms. The van der Waals surface area contributed by atoms with Crippen LogP contribution in [0.25, 0.3) is 0 Å². The summed E-state index contributed by atoms with van der Waals surface area (Å²) < 4.78 is 0. The van der Waals surface area contributed by atoms with Gasteiger partial charge in [0.1, 0.15) is 0 Å². The van der Waals surface area contributed by atoms with Crippen molar-refractivity contribution in [3.05, 3.63) is 34.9 Å². The molecule has 0 aliphatic heterocycles. The maximum atomic E-state index is 6.48. The van der Waals surface area contributed by atoms with Crippen molar-refractivity contribution in [2.24, 2.45) is 5.92 Å². The van der Waals surface area contributed by atoms with E-state index < -0.39 is 0 Å². The molecule has 0 saturated heterocycles. The molecule has 1 aromatic carbocycles.